The zero-order valence-corrected chi connectivity index (χ0v) is 21.2. The number of aromatic nitrogens is 2. The molecule has 4 heterocycles. The van der Waals surface area contributed by atoms with Crippen LogP contribution in [0.15, 0.2) is 84.9 Å². The van der Waals surface area contributed by atoms with Gasteiger partial charge in [-0.1, -0.05) is 60.7 Å². The van der Waals surface area contributed by atoms with E-state index >= 15 is 0 Å². The first-order valence-electron chi connectivity index (χ1n) is 12.9. The quantitative estimate of drug-likeness (QED) is 0.366. The lowest BCUT2D eigenvalue weighted by Gasteiger charge is -2.33. The van der Waals surface area contributed by atoms with Crippen LogP contribution in [0.4, 0.5) is 11.6 Å². The molecule has 2 radical (unpaired) electrons. The molecule has 7 rings (SSSR count). The van der Waals surface area contributed by atoms with Gasteiger partial charge in [0.05, 0.1) is 11.4 Å². The Hall–Kier alpha value is -3.61. The Kier molecular flexibility index (Phi) is 5.34. The molecule has 2 aromatic heterocycles. The third kappa shape index (κ3) is 3.50. The van der Waals surface area contributed by atoms with Crippen LogP contribution in [-0.2, 0) is 5.41 Å². The van der Waals surface area contributed by atoms with Gasteiger partial charge in [0.1, 0.15) is 17.1 Å². The lowest BCUT2D eigenvalue weighted by molar-refractivity contribution is 0.590. The number of hydrogen-bond donors (Lipinski definition) is 0. The first kappa shape index (κ1) is 22.6. The highest BCUT2D eigenvalue weighted by Gasteiger charge is 2.48. The standard InChI is InChI=1S/C29H28B2N6/c1-34-17-19-36(30-34)27-15-7-13-25(32-27)29(26-14-8-16-28(33-26)37-20-18-35(2)31-37)23-11-5-3-9-21(23)22-10-4-6-12-24(22)29/h3-16H,17-20H2,1-2H3. The van der Waals surface area contributed by atoms with Gasteiger partial charge in [0.15, 0.2) is 0 Å². The smallest absolute Gasteiger partial charge is 0.353 e. The fourth-order valence-corrected chi connectivity index (χ4v) is 6.09. The Balaban J connectivity index is 1.48. The molecular weight excluding hydrogens is 454 g/mol. The Morgan fingerprint density at radius 1 is 0.568 bits per heavy atom. The molecule has 0 bridgehead atoms. The number of anilines is 2. The third-order valence-electron chi connectivity index (χ3n) is 7.84. The SMILES string of the molecule is CN1[B]N(c2cccc(C3(c4cccc(N5[B]N(C)CC5)n4)c4ccccc4-c4ccccc43)n2)CC1. The van der Waals surface area contributed by atoms with Crippen LogP contribution in [0.2, 0.25) is 0 Å². The molecule has 4 aromatic rings. The highest BCUT2D eigenvalue weighted by Crippen LogP contribution is 2.55. The van der Waals surface area contributed by atoms with Crippen LogP contribution >= 0.6 is 0 Å². The number of pyridine rings is 2. The maximum absolute atomic E-state index is 5.36. The highest BCUT2D eigenvalue weighted by molar-refractivity contribution is 6.39. The van der Waals surface area contributed by atoms with Gasteiger partial charge < -0.3 is 19.2 Å². The third-order valence-corrected chi connectivity index (χ3v) is 7.84. The van der Waals surface area contributed by atoms with E-state index in [9.17, 15) is 0 Å². The number of rotatable bonds is 4. The lowest BCUT2D eigenvalue weighted by atomic mass is 9.72. The summed E-state index contributed by atoms with van der Waals surface area (Å²) in [7, 11) is 8.51. The van der Waals surface area contributed by atoms with Crippen LogP contribution in [0.5, 0.6) is 0 Å². The predicted octanol–water partition coefficient (Wildman–Crippen LogP) is 3.41. The second-order valence-corrected chi connectivity index (χ2v) is 10.2. The lowest BCUT2D eigenvalue weighted by Crippen LogP contribution is -2.34. The van der Waals surface area contributed by atoms with Gasteiger partial charge in [-0.05, 0) is 60.6 Å². The molecule has 0 spiro atoms. The fourth-order valence-electron chi connectivity index (χ4n) is 6.09. The maximum Gasteiger partial charge on any atom is 0.353 e. The van der Waals surface area contributed by atoms with Crippen LogP contribution in [0.1, 0.15) is 22.5 Å². The van der Waals surface area contributed by atoms with Crippen LogP contribution in [0.25, 0.3) is 11.1 Å². The minimum absolute atomic E-state index is 0.615. The molecular formula is C29H28B2N6. The Labute approximate surface area is 220 Å². The van der Waals surface area contributed by atoms with Crippen LogP contribution in [0.3, 0.4) is 0 Å². The van der Waals surface area contributed by atoms with Gasteiger partial charge in [-0.15, -0.1) is 0 Å². The fraction of sp³-hybridized carbons (Fsp3) is 0.241. The van der Waals surface area contributed by atoms with Crippen LogP contribution in [-0.4, -0.2) is 75.0 Å². The molecule has 0 atom stereocenters. The van der Waals surface area contributed by atoms with E-state index in [0.29, 0.717) is 0 Å². The van der Waals surface area contributed by atoms with E-state index in [-0.39, 0.29) is 0 Å². The van der Waals surface area contributed by atoms with Crippen molar-refractivity contribution in [3.05, 3.63) is 107 Å². The van der Waals surface area contributed by atoms with Gasteiger partial charge >= 0.3 is 15.1 Å². The molecule has 8 heteroatoms. The monoisotopic (exact) mass is 482 g/mol. The van der Waals surface area contributed by atoms with Crippen molar-refractivity contribution in [1.82, 2.24) is 19.6 Å². The van der Waals surface area contributed by atoms with Crippen LogP contribution in [0, 0.1) is 0 Å². The minimum Gasteiger partial charge on any atom is -0.388 e. The minimum atomic E-state index is -0.615. The molecule has 37 heavy (non-hydrogen) atoms. The van der Waals surface area contributed by atoms with Crippen LogP contribution < -0.4 is 9.62 Å². The Morgan fingerprint density at radius 2 is 1.03 bits per heavy atom. The van der Waals surface area contributed by atoms with Crippen molar-refractivity contribution < 1.29 is 0 Å². The summed E-state index contributed by atoms with van der Waals surface area (Å²) in [5.74, 6) is 1.93. The number of nitrogens with zero attached hydrogens (tertiary/aromatic N) is 6. The molecule has 0 unspecified atom stereocenters. The average Bonchev–Trinajstić information content (AvgIpc) is 3.65. The summed E-state index contributed by atoms with van der Waals surface area (Å²) in [4.78, 5) is 19.6. The molecule has 2 saturated heterocycles. The molecule has 2 aromatic carbocycles. The van der Waals surface area contributed by atoms with Crippen molar-refractivity contribution in [3.63, 3.8) is 0 Å². The number of benzene rings is 2. The largest absolute Gasteiger partial charge is 0.388 e. The van der Waals surface area contributed by atoms with Gasteiger partial charge in [0, 0.05) is 26.2 Å². The summed E-state index contributed by atoms with van der Waals surface area (Å²) < 4.78 is 0. The summed E-state index contributed by atoms with van der Waals surface area (Å²) >= 11 is 0. The summed E-state index contributed by atoms with van der Waals surface area (Å²) in [5, 5.41) is 0. The molecule has 3 aliphatic rings. The summed E-state index contributed by atoms with van der Waals surface area (Å²) in [5.41, 5.74) is 6.34. The van der Waals surface area contributed by atoms with Gasteiger partial charge in [-0.3, -0.25) is 0 Å². The maximum atomic E-state index is 5.36. The van der Waals surface area contributed by atoms with E-state index in [1.165, 1.54) is 22.3 Å². The highest BCUT2D eigenvalue weighted by atomic mass is 15.3. The van der Waals surface area contributed by atoms with Crippen molar-refractivity contribution in [2.24, 2.45) is 0 Å². The van der Waals surface area contributed by atoms with E-state index in [0.717, 1.165) is 49.2 Å². The number of hydrogen-bond acceptors (Lipinski definition) is 6. The number of likely N-dealkylation sites (N-methyl/N-ethyl adjacent to an activating group) is 2. The molecule has 1 aliphatic carbocycles. The van der Waals surface area contributed by atoms with Crippen molar-refractivity contribution in [1.29, 1.82) is 0 Å². The zero-order chi connectivity index (χ0) is 25.0. The summed E-state index contributed by atoms with van der Waals surface area (Å²) in [6.45, 7) is 3.85. The Morgan fingerprint density at radius 3 is 1.46 bits per heavy atom. The molecule has 180 valence electrons. The Bertz CT molecular complexity index is 1370. The zero-order valence-electron chi connectivity index (χ0n) is 21.2. The average molecular weight is 482 g/mol. The molecule has 0 amide bonds. The normalized spacial score (nSPS) is 18.4. The van der Waals surface area contributed by atoms with Gasteiger partial charge in [0.2, 0.25) is 0 Å². The number of fused-ring (bicyclic) bond motifs is 3. The van der Waals surface area contributed by atoms with Crippen molar-refractivity contribution in [2.45, 2.75) is 5.41 Å². The van der Waals surface area contributed by atoms with Gasteiger partial charge in [-0.25, -0.2) is 9.97 Å². The topological polar surface area (TPSA) is 38.7 Å². The molecule has 0 saturated carbocycles. The van der Waals surface area contributed by atoms with E-state index < -0.39 is 5.41 Å². The van der Waals surface area contributed by atoms with E-state index in [2.05, 4.69) is 133 Å². The molecule has 2 aliphatic heterocycles. The van der Waals surface area contributed by atoms with Crippen molar-refractivity contribution in [2.75, 3.05) is 49.9 Å². The van der Waals surface area contributed by atoms with E-state index in [4.69, 9.17) is 9.97 Å². The van der Waals surface area contributed by atoms with Crippen molar-refractivity contribution in [3.8, 4) is 11.1 Å². The summed E-state index contributed by atoms with van der Waals surface area (Å²) in [6.07, 6.45) is 0. The first-order chi connectivity index (χ1) is 18.1. The first-order valence-corrected chi connectivity index (χ1v) is 12.9. The second kappa shape index (κ2) is 8.75. The van der Waals surface area contributed by atoms with E-state index in [1.807, 2.05) is 0 Å². The van der Waals surface area contributed by atoms with E-state index in [1.54, 1.807) is 0 Å². The molecule has 6 nitrogen and oxygen atoms in total. The van der Waals surface area contributed by atoms with Crippen molar-refractivity contribution >= 4 is 26.7 Å². The second-order valence-electron chi connectivity index (χ2n) is 10.2. The van der Waals surface area contributed by atoms with Gasteiger partial charge in [0.25, 0.3) is 0 Å². The molecule has 0 N–H and O–H groups in total. The molecule has 2 fully saturated rings. The predicted molar refractivity (Wildman–Crippen MR) is 151 cm³/mol. The summed E-state index contributed by atoms with van der Waals surface area (Å²) in [6, 6.07) is 30.4. The van der Waals surface area contributed by atoms with Gasteiger partial charge in [-0.2, -0.15) is 0 Å².